The Labute approximate surface area is 80.2 Å². The second-order valence-electron chi connectivity index (χ2n) is 1.66. The van der Waals surface area contributed by atoms with Gasteiger partial charge in [-0.25, -0.2) is 9.97 Å². The van der Waals surface area contributed by atoms with Gasteiger partial charge in [-0.15, -0.1) is 0 Å². The summed E-state index contributed by atoms with van der Waals surface area (Å²) in [5.74, 6) is -1.95. The monoisotopic (exact) mass is 155 g/mol. The fourth-order valence-electron chi connectivity index (χ4n) is 0.519. The molecule has 0 N–H and O–H groups in total. The maximum Gasteiger partial charge on any atom is 1.00 e. The van der Waals surface area contributed by atoms with Crippen LogP contribution in [0.25, 0.3) is 0 Å². The molecule has 0 bridgehead atoms. The Morgan fingerprint density at radius 1 is 1.67 bits per heavy atom. The number of aromatic nitrogens is 2. The van der Waals surface area contributed by atoms with Gasteiger partial charge < -0.3 is 9.90 Å². The topological polar surface area (TPSA) is 89.7 Å². The molecule has 0 atom stereocenters. The van der Waals surface area contributed by atoms with E-state index >= 15 is 0 Å². The number of carbonyl (C=O) groups excluding carboxylic acids is 1. The van der Waals surface area contributed by atoms with Crippen molar-refractivity contribution in [3.63, 3.8) is 0 Å². The zero-order valence-corrected chi connectivity index (χ0v) is 6.31. The number of nitriles is 1. The van der Waals surface area contributed by atoms with Crippen molar-refractivity contribution in [1.29, 1.82) is 5.26 Å². The van der Waals surface area contributed by atoms with E-state index in [-0.39, 0.29) is 24.6 Å². The first kappa shape index (κ1) is 10.6. The molecular weight excluding hydrogens is 153 g/mol. The maximum atomic E-state index is 10.1. The molecule has 0 aliphatic rings. The number of rotatable bonds is 1. The van der Waals surface area contributed by atoms with Crippen LogP contribution in [-0.4, -0.2) is 15.9 Å². The second-order valence-corrected chi connectivity index (χ2v) is 1.66. The molecule has 5 nitrogen and oxygen atoms in total. The smallest absolute Gasteiger partial charge is 0.542 e. The van der Waals surface area contributed by atoms with Crippen molar-refractivity contribution in [2.24, 2.45) is 0 Å². The molecule has 0 saturated heterocycles. The van der Waals surface area contributed by atoms with E-state index in [4.69, 9.17) is 5.26 Å². The summed E-state index contributed by atoms with van der Waals surface area (Å²) in [4.78, 5) is 16.8. The molecule has 0 amide bonds. The molecule has 54 valence electrons. The van der Waals surface area contributed by atoms with Crippen LogP contribution in [0.5, 0.6) is 0 Å². The van der Waals surface area contributed by atoms with Crippen molar-refractivity contribution in [3.05, 3.63) is 23.8 Å². The van der Waals surface area contributed by atoms with Gasteiger partial charge in [-0.3, -0.25) is 0 Å². The van der Waals surface area contributed by atoms with Crippen LogP contribution in [0.1, 0.15) is 16.3 Å². The van der Waals surface area contributed by atoms with Crippen molar-refractivity contribution in [2.45, 2.75) is 0 Å². The van der Waals surface area contributed by atoms with Crippen molar-refractivity contribution < 1.29 is 28.8 Å². The SMILES string of the molecule is N#Cc1ccnc(C(=O)[O-])n1.[Li+]. The van der Waals surface area contributed by atoms with Gasteiger partial charge in [0.15, 0.2) is 5.82 Å². The first-order valence-electron chi connectivity index (χ1n) is 2.68. The van der Waals surface area contributed by atoms with Crippen molar-refractivity contribution in [3.8, 4) is 6.07 Å². The molecule has 0 aliphatic carbocycles. The van der Waals surface area contributed by atoms with Crippen molar-refractivity contribution >= 4 is 5.97 Å². The summed E-state index contributed by atoms with van der Waals surface area (Å²) < 4.78 is 0. The summed E-state index contributed by atoms with van der Waals surface area (Å²) in [5.41, 5.74) is 0.0131. The second kappa shape index (κ2) is 4.50. The normalized spacial score (nSPS) is 7.92. The summed E-state index contributed by atoms with van der Waals surface area (Å²) in [6, 6.07) is 2.99. The van der Waals surface area contributed by atoms with Gasteiger partial charge in [-0.2, -0.15) is 5.26 Å². The Hall–Kier alpha value is -1.36. The third-order valence-electron chi connectivity index (χ3n) is 0.953. The Bertz CT molecular complexity index is 334. The van der Waals surface area contributed by atoms with Crippen molar-refractivity contribution in [2.75, 3.05) is 0 Å². The molecule has 1 aromatic heterocycles. The molecule has 0 radical (unpaired) electrons. The Balaban J connectivity index is 0.00000121. The van der Waals surface area contributed by atoms with E-state index in [1.807, 2.05) is 0 Å². The Morgan fingerprint density at radius 2 is 2.33 bits per heavy atom. The van der Waals surface area contributed by atoms with E-state index in [2.05, 4.69) is 9.97 Å². The number of carbonyl (C=O) groups is 1. The van der Waals surface area contributed by atoms with Crippen LogP contribution < -0.4 is 24.0 Å². The molecule has 0 aliphatic heterocycles. The van der Waals surface area contributed by atoms with E-state index in [1.165, 1.54) is 12.3 Å². The molecule has 0 saturated carbocycles. The molecule has 12 heavy (non-hydrogen) atoms. The number of nitrogens with zero attached hydrogens (tertiary/aromatic N) is 3. The molecule has 1 heterocycles. The fraction of sp³-hybridized carbons (Fsp3) is 0. The van der Waals surface area contributed by atoms with E-state index in [0.717, 1.165) is 0 Å². The van der Waals surface area contributed by atoms with Gasteiger partial charge in [0.2, 0.25) is 0 Å². The van der Waals surface area contributed by atoms with Crippen LogP contribution in [0.4, 0.5) is 0 Å². The predicted molar refractivity (Wildman–Crippen MR) is 31.1 cm³/mol. The zero-order valence-electron chi connectivity index (χ0n) is 6.31. The predicted octanol–water partition coefficient (Wildman–Crippen LogP) is -4.28. The van der Waals surface area contributed by atoms with Crippen LogP contribution in [-0.2, 0) is 0 Å². The number of carboxylic acid groups (broad SMARTS) is 1. The molecule has 1 rings (SSSR count). The number of carboxylic acids is 1. The Morgan fingerprint density at radius 3 is 2.83 bits per heavy atom. The maximum absolute atomic E-state index is 10.1. The van der Waals surface area contributed by atoms with E-state index in [0.29, 0.717) is 0 Å². The third kappa shape index (κ3) is 2.35. The average Bonchev–Trinajstić information content (AvgIpc) is 2.05. The van der Waals surface area contributed by atoms with Crippen LogP contribution >= 0.6 is 0 Å². The minimum atomic E-state index is -1.48. The molecule has 0 fully saturated rings. The van der Waals surface area contributed by atoms with Gasteiger partial charge in [0.05, 0.1) is 0 Å². The van der Waals surface area contributed by atoms with E-state index in [1.54, 1.807) is 6.07 Å². The summed E-state index contributed by atoms with van der Waals surface area (Å²) in [6.45, 7) is 0. The first-order valence-corrected chi connectivity index (χ1v) is 2.68. The van der Waals surface area contributed by atoms with Crippen molar-refractivity contribution in [1.82, 2.24) is 9.97 Å². The van der Waals surface area contributed by atoms with Crippen LogP contribution in [0, 0.1) is 11.3 Å². The molecule has 0 spiro atoms. The molecule has 0 aromatic carbocycles. The largest absolute Gasteiger partial charge is 1.00 e. The van der Waals surface area contributed by atoms with Gasteiger partial charge in [0, 0.05) is 6.20 Å². The molecule has 1 aromatic rings. The van der Waals surface area contributed by atoms with Gasteiger partial charge >= 0.3 is 18.9 Å². The average molecular weight is 155 g/mol. The van der Waals surface area contributed by atoms with Gasteiger partial charge in [-0.05, 0) is 6.07 Å². The summed E-state index contributed by atoms with van der Waals surface area (Å²) >= 11 is 0. The third-order valence-corrected chi connectivity index (χ3v) is 0.953. The fourth-order valence-corrected chi connectivity index (χ4v) is 0.519. The zero-order chi connectivity index (χ0) is 8.27. The summed E-state index contributed by atoms with van der Waals surface area (Å²) in [5, 5.41) is 18.4. The van der Waals surface area contributed by atoms with Crippen LogP contribution in [0.15, 0.2) is 12.3 Å². The van der Waals surface area contributed by atoms with Crippen LogP contribution in [0.2, 0.25) is 0 Å². The first-order chi connectivity index (χ1) is 5.24. The number of hydrogen-bond acceptors (Lipinski definition) is 5. The molecular formula is C6H2LiN3O2. The van der Waals surface area contributed by atoms with Gasteiger partial charge in [0.1, 0.15) is 17.7 Å². The summed E-state index contributed by atoms with van der Waals surface area (Å²) in [7, 11) is 0. The van der Waals surface area contributed by atoms with E-state index < -0.39 is 11.8 Å². The van der Waals surface area contributed by atoms with Gasteiger partial charge in [0.25, 0.3) is 0 Å². The van der Waals surface area contributed by atoms with Crippen LogP contribution in [0.3, 0.4) is 0 Å². The van der Waals surface area contributed by atoms with Gasteiger partial charge in [-0.1, -0.05) is 0 Å². The Kier molecular flexibility index (Phi) is 3.99. The van der Waals surface area contributed by atoms with E-state index in [9.17, 15) is 9.90 Å². The number of hydrogen-bond donors (Lipinski definition) is 0. The summed E-state index contributed by atoms with van der Waals surface area (Å²) in [6.07, 6.45) is 1.19. The minimum Gasteiger partial charge on any atom is -0.542 e. The quantitative estimate of drug-likeness (QED) is 0.383. The number of aromatic carboxylic acids is 1. The standard InChI is InChI=1S/C6H3N3O2.Li/c7-3-4-1-2-8-5(9-4)6(10)11;/h1-2H,(H,10,11);/q;+1/p-1. The minimum absolute atomic E-state index is 0. The molecule has 0 unspecified atom stereocenters. The molecule has 6 heteroatoms.